The molecule has 0 radical (unpaired) electrons. The van der Waals surface area contributed by atoms with Crippen molar-refractivity contribution in [2.24, 2.45) is 0 Å². The van der Waals surface area contributed by atoms with E-state index in [4.69, 9.17) is 21.4 Å². The third-order valence-corrected chi connectivity index (χ3v) is 2.80. The normalized spacial score (nSPS) is 10.7. The van der Waals surface area contributed by atoms with E-state index in [2.05, 4.69) is 10.4 Å². The maximum Gasteiger partial charge on any atom is 0.287 e. The van der Waals surface area contributed by atoms with Gasteiger partial charge in [0.2, 0.25) is 0 Å². The number of anilines is 1. The summed E-state index contributed by atoms with van der Waals surface area (Å²) in [6, 6.07) is 0. The van der Waals surface area contributed by atoms with Crippen LogP contribution in [0.15, 0.2) is 11.0 Å². The zero-order valence-electron chi connectivity index (χ0n) is 11.1. The first-order valence-corrected chi connectivity index (χ1v) is 6.76. The molecule has 0 saturated carbocycles. The Balaban J connectivity index is 2.46. The molecule has 0 aliphatic rings. The summed E-state index contributed by atoms with van der Waals surface area (Å²) in [5.41, 5.74) is 0.270. The Morgan fingerprint density at radius 1 is 1.53 bits per heavy atom. The average molecular weight is 290 g/mol. The van der Waals surface area contributed by atoms with Crippen LogP contribution >= 0.6 is 11.6 Å². The van der Waals surface area contributed by atoms with E-state index in [1.165, 1.54) is 4.68 Å². The highest BCUT2D eigenvalue weighted by Gasteiger charge is 2.08. The second-order valence-electron chi connectivity index (χ2n) is 4.02. The van der Waals surface area contributed by atoms with Crippen molar-refractivity contribution < 1.29 is 9.84 Å². The van der Waals surface area contributed by atoms with Gasteiger partial charge in [0.25, 0.3) is 5.56 Å². The van der Waals surface area contributed by atoms with E-state index >= 15 is 0 Å². The van der Waals surface area contributed by atoms with Gasteiger partial charge in [0.15, 0.2) is 0 Å². The van der Waals surface area contributed by atoms with Crippen molar-refractivity contribution in [1.82, 2.24) is 9.78 Å². The van der Waals surface area contributed by atoms with Crippen LogP contribution in [0, 0.1) is 0 Å². The molecule has 19 heavy (non-hydrogen) atoms. The number of aliphatic hydroxyl groups excluding tert-OH is 1. The molecule has 1 aromatic heterocycles. The molecule has 6 nitrogen and oxygen atoms in total. The van der Waals surface area contributed by atoms with E-state index in [9.17, 15) is 4.79 Å². The molecule has 0 atom stereocenters. The minimum Gasteiger partial charge on any atom is -0.394 e. The molecule has 0 saturated heterocycles. The lowest BCUT2D eigenvalue weighted by molar-refractivity contribution is 0.0922. The fourth-order valence-corrected chi connectivity index (χ4v) is 1.74. The van der Waals surface area contributed by atoms with Gasteiger partial charge in [0, 0.05) is 19.7 Å². The average Bonchev–Trinajstić information content (AvgIpc) is 2.41. The van der Waals surface area contributed by atoms with E-state index in [1.54, 1.807) is 6.20 Å². The summed E-state index contributed by atoms with van der Waals surface area (Å²) in [5.74, 6) is 0. The minimum atomic E-state index is -0.273. The van der Waals surface area contributed by atoms with E-state index < -0.39 is 0 Å². The van der Waals surface area contributed by atoms with Crippen molar-refractivity contribution in [3.05, 3.63) is 21.6 Å². The number of aromatic nitrogens is 2. The van der Waals surface area contributed by atoms with Gasteiger partial charge in [-0.15, -0.1) is 0 Å². The van der Waals surface area contributed by atoms with E-state index in [0.29, 0.717) is 32.0 Å². The van der Waals surface area contributed by atoms with Crippen LogP contribution in [-0.2, 0) is 11.3 Å². The quantitative estimate of drug-likeness (QED) is 0.666. The number of rotatable bonds is 9. The molecule has 0 aliphatic carbocycles. The van der Waals surface area contributed by atoms with Crippen LogP contribution < -0.4 is 10.9 Å². The summed E-state index contributed by atoms with van der Waals surface area (Å²) >= 11 is 6.00. The fourth-order valence-electron chi connectivity index (χ4n) is 1.52. The maximum atomic E-state index is 11.8. The zero-order valence-corrected chi connectivity index (χ0v) is 11.8. The van der Waals surface area contributed by atoms with Gasteiger partial charge in [0.1, 0.15) is 5.02 Å². The number of halogens is 1. The van der Waals surface area contributed by atoms with Crippen molar-refractivity contribution in [2.45, 2.75) is 26.3 Å². The summed E-state index contributed by atoms with van der Waals surface area (Å²) in [6.07, 6.45) is 3.15. The molecule has 0 unspecified atom stereocenters. The first-order chi connectivity index (χ1) is 9.20. The molecule has 1 aromatic rings. The molecule has 0 bridgehead atoms. The fraction of sp³-hybridized carbons (Fsp3) is 0.667. The minimum absolute atomic E-state index is 0.0266. The molecule has 1 heterocycles. The first-order valence-electron chi connectivity index (χ1n) is 6.38. The molecule has 0 fully saturated rings. The van der Waals surface area contributed by atoms with Crippen LogP contribution in [0.25, 0.3) is 0 Å². The van der Waals surface area contributed by atoms with Gasteiger partial charge in [-0.05, 0) is 12.8 Å². The molecule has 0 aromatic carbocycles. The monoisotopic (exact) mass is 289 g/mol. The summed E-state index contributed by atoms with van der Waals surface area (Å²) in [4.78, 5) is 11.8. The number of ether oxygens (including phenoxy) is 1. The highest BCUT2D eigenvalue weighted by atomic mass is 35.5. The van der Waals surface area contributed by atoms with Gasteiger partial charge < -0.3 is 15.2 Å². The number of hydrogen-bond donors (Lipinski definition) is 2. The largest absolute Gasteiger partial charge is 0.394 e. The second kappa shape index (κ2) is 8.90. The van der Waals surface area contributed by atoms with Gasteiger partial charge in [-0.25, -0.2) is 4.68 Å². The highest BCUT2D eigenvalue weighted by molar-refractivity contribution is 6.32. The predicted octanol–water partition coefficient (Wildman–Crippen LogP) is 1.12. The first kappa shape index (κ1) is 15.9. The van der Waals surface area contributed by atoms with Crippen molar-refractivity contribution >= 4 is 17.3 Å². The molecule has 0 aliphatic heterocycles. The molecule has 0 amide bonds. The van der Waals surface area contributed by atoms with Crippen LogP contribution in [0.5, 0.6) is 0 Å². The van der Waals surface area contributed by atoms with Gasteiger partial charge in [-0.2, -0.15) is 5.10 Å². The van der Waals surface area contributed by atoms with Crippen LogP contribution in [0.4, 0.5) is 5.69 Å². The Morgan fingerprint density at radius 3 is 3.00 bits per heavy atom. The number of aryl methyl sites for hydroxylation is 1. The van der Waals surface area contributed by atoms with Gasteiger partial charge in [-0.1, -0.05) is 18.5 Å². The lowest BCUT2D eigenvalue weighted by Gasteiger charge is -2.09. The van der Waals surface area contributed by atoms with E-state index in [1.807, 2.05) is 6.92 Å². The van der Waals surface area contributed by atoms with E-state index in [-0.39, 0.29) is 17.2 Å². The number of nitrogens with zero attached hydrogens (tertiary/aromatic N) is 2. The summed E-state index contributed by atoms with van der Waals surface area (Å²) in [7, 11) is 0. The summed E-state index contributed by atoms with van der Waals surface area (Å²) in [6.45, 7) is 4.08. The molecule has 1 rings (SSSR count). The Hall–Kier alpha value is -1.11. The topological polar surface area (TPSA) is 76.4 Å². The standard InChI is InChI=1S/C12H20ClN3O3/c1-2-5-16-12(18)11(13)10(9-15-16)14-4-3-7-19-8-6-17/h9,14,17H,2-8H2,1H3. The lowest BCUT2D eigenvalue weighted by atomic mass is 10.4. The van der Waals surface area contributed by atoms with Crippen molar-refractivity contribution in [1.29, 1.82) is 0 Å². The number of aliphatic hydroxyl groups is 1. The third-order valence-electron chi connectivity index (χ3n) is 2.44. The third kappa shape index (κ3) is 5.18. The molecular weight excluding hydrogens is 270 g/mol. The number of hydrogen-bond acceptors (Lipinski definition) is 5. The second-order valence-corrected chi connectivity index (χ2v) is 4.39. The highest BCUT2D eigenvalue weighted by Crippen LogP contribution is 2.14. The molecular formula is C12H20ClN3O3. The predicted molar refractivity (Wildman–Crippen MR) is 74.8 cm³/mol. The Morgan fingerprint density at radius 2 is 2.32 bits per heavy atom. The SMILES string of the molecule is CCCn1ncc(NCCCOCCO)c(Cl)c1=O. The van der Waals surface area contributed by atoms with Gasteiger partial charge >= 0.3 is 0 Å². The summed E-state index contributed by atoms with van der Waals surface area (Å²) in [5, 5.41) is 15.8. The molecule has 2 N–H and O–H groups in total. The van der Waals surface area contributed by atoms with Crippen molar-refractivity contribution in [2.75, 3.05) is 31.7 Å². The Bertz CT molecular complexity index is 437. The van der Waals surface area contributed by atoms with Crippen LogP contribution in [0.2, 0.25) is 5.02 Å². The lowest BCUT2D eigenvalue weighted by Crippen LogP contribution is -2.24. The molecule has 0 spiro atoms. The van der Waals surface area contributed by atoms with Crippen molar-refractivity contribution in [3.63, 3.8) is 0 Å². The van der Waals surface area contributed by atoms with E-state index in [0.717, 1.165) is 12.8 Å². The Kier molecular flexibility index (Phi) is 7.47. The van der Waals surface area contributed by atoms with Crippen LogP contribution in [-0.4, -0.2) is 41.3 Å². The maximum absolute atomic E-state index is 11.8. The van der Waals surface area contributed by atoms with Gasteiger partial charge in [-0.3, -0.25) is 4.79 Å². The Labute approximate surface area is 117 Å². The molecule has 108 valence electrons. The van der Waals surface area contributed by atoms with Crippen molar-refractivity contribution in [3.8, 4) is 0 Å². The smallest absolute Gasteiger partial charge is 0.287 e. The number of nitrogens with one attached hydrogen (secondary N) is 1. The zero-order chi connectivity index (χ0) is 14.1. The van der Waals surface area contributed by atoms with Crippen LogP contribution in [0.3, 0.4) is 0 Å². The van der Waals surface area contributed by atoms with Gasteiger partial charge in [0.05, 0.1) is 25.1 Å². The summed E-state index contributed by atoms with van der Waals surface area (Å²) < 4.78 is 6.48. The van der Waals surface area contributed by atoms with Crippen LogP contribution in [0.1, 0.15) is 19.8 Å². The molecule has 7 heteroatoms.